The molecule has 0 saturated carbocycles. The van der Waals surface area contributed by atoms with Crippen LogP contribution in [-0.2, 0) is 14.2 Å². The highest BCUT2D eigenvalue weighted by Gasteiger charge is 2.26. The number of benzene rings is 1. The Bertz CT molecular complexity index is 664. The molecular weight excluding hydrogens is 517 g/mol. The standard InChI is InChI=1S/C32H64O3Si3/c1-7-34-35-27-19-15-11-9-8-10-13-17-21-29-37(3,4)31-23-25-32(26-24-31)38(5,6)30-22-18-14-12-16-20-28-36-33-2/h23-26H,7-22,27-30,36H2,1-6H3. The van der Waals surface area contributed by atoms with E-state index in [0.717, 1.165) is 13.0 Å². The van der Waals surface area contributed by atoms with Gasteiger partial charge in [-0.1, -0.05) is 163 Å². The van der Waals surface area contributed by atoms with Gasteiger partial charge in [-0.05, 0) is 19.4 Å². The summed E-state index contributed by atoms with van der Waals surface area (Å²) in [6.07, 6.45) is 20.6. The molecule has 0 aliphatic heterocycles. The van der Waals surface area contributed by atoms with Crippen molar-refractivity contribution in [3.63, 3.8) is 0 Å². The molecule has 0 saturated heterocycles. The lowest BCUT2D eigenvalue weighted by atomic mass is 10.1. The van der Waals surface area contributed by atoms with Crippen molar-refractivity contribution in [3.05, 3.63) is 24.3 Å². The molecule has 0 N–H and O–H groups in total. The van der Waals surface area contributed by atoms with Gasteiger partial charge < -0.3 is 4.43 Å². The van der Waals surface area contributed by atoms with E-state index in [0.29, 0.717) is 6.61 Å². The molecule has 1 rings (SSSR count). The molecule has 0 aliphatic carbocycles. The molecule has 0 radical (unpaired) electrons. The molecule has 0 spiro atoms. The van der Waals surface area contributed by atoms with Gasteiger partial charge in [0.2, 0.25) is 0 Å². The molecule has 0 heterocycles. The minimum Gasteiger partial charge on any atom is -0.427 e. The van der Waals surface area contributed by atoms with Gasteiger partial charge in [-0.2, -0.15) is 0 Å². The number of hydrogen-bond acceptors (Lipinski definition) is 3. The molecule has 0 bridgehead atoms. The van der Waals surface area contributed by atoms with Gasteiger partial charge >= 0.3 is 0 Å². The van der Waals surface area contributed by atoms with E-state index in [1.807, 2.05) is 14.0 Å². The second-order valence-corrected chi connectivity index (χ2v) is 24.1. The average molecular weight is 581 g/mol. The van der Waals surface area contributed by atoms with Crippen molar-refractivity contribution in [2.24, 2.45) is 0 Å². The molecule has 0 aliphatic rings. The first-order chi connectivity index (χ1) is 18.3. The summed E-state index contributed by atoms with van der Waals surface area (Å²) in [6, 6.07) is 14.3. The van der Waals surface area contributed by atoms with Crippen LogP contribution in [0.3, 0.4) is 0 Å². The zero-order valence-corrected chi connectivity index (χ0v) is 29.8. The maximum absolute atomic E-state index is 5.28. The smallest absolute Gasteiger partial charge is 0.161 e. The van der Waals surface area contributed by atoms with Crippen molar-refractivity contribution >= 4 is 36.3 Å². The van der Waals surface area contributed by atoms with Gasteiger partial charge in [0.15, 0.2) is 9.76 Å². The SMILES string of the molecule is CCOOCCCCCCCCCCC[Si](C)(C)c1ccc([Si](C)(C)CCCCCCCC[SiH2]OC)cc1. The van der Waals surface area contributed by atoms with Crippen molar-refractivity contribution < 1.29 is 14.2 Å². The fourth-order valence-electron chi connectivity index (χ4n) is 5.47. The highest BCUT2D eigenvalue weighted by molar-refractivity contribution is 6.91. The zero-order chi connectivity index (χ0) is 28.0. The van der Waals surface area contributed by atoms with Crippen LogP contribution < -0.4 is 10.4 Å². The Labute approximate surface area is 242 Å². The average Bonchev–Trinajstić information content (AvgIpc) is 2.90. The first-order valence-corrected chi connectivity index (χ1v) is 24.2. The minimum atomic E-state index is -1.33. The van der Waals surface area contributed by atoms with Crippen LogP contribution in [0.2, 0.25) is 44.3 Å². The topological polar surface area (TPSA) is 27.7 Å². The largest absolute Gasteiger partial charge is 0.427 e. The predicted molar refractivity (Wildman–Crippen MR) is 177 cm³/mol. The van der Waals surface area contributed by atoms with Gasteiger partial charge in [0, 0.05) is 7.11 Å². The van der Waals surface area contributed by atoms with Gasteiger partial charge in [0.05, 0.1) is 29.4 Å². The van der Waals surface area contributed by atoms with Gasteiger partial charge in [0.1, 0.15) is 0 Å². The highest BCUT2D eigenvalue weighted by Crippen LogP contribution is 2.19. The van der Waals surface area contributed by atoms with E-state index in [2.05, 4.69) is 50.5 Å². The Morgan fingerprint density at radius 1 is 0.553 bits per heavy atom. The lowest BCUT2D eigenvalue weighted by Gasteiger charge is -2.26. The Kier molecular flexibility index (Phi) is 21.1. The Hall–Kier alpha value is -0.249. The molecule has 0 atom stereocenters. The van der Waals surface area contributed by atoms with Gasteiger partial charge in [0.25, 0.3) is 0 Å². The molecule has 1 aromatic carbocycles. The van der Waals surface area contributed by atoms with E-state index < -0.39 is 16.1 Å². The second-order valence-electron chi connectivity index (χ2n) is 12.7. The van der Waals surface area contributed by atoms with E-state index in [1.54, 1.807) is 10.4 Å². The molecule has 0 unspecified atom stereocenters. The maximum atomic E-state index is 5.28. The first kappa shape index (κ1) is 35.8. The fraction of sp³-hybridized carbons (Fsp3) is 0.812. The molecule has 222 valence electrons. The fourth-order valence-corrected chi connectivity index (χ4v) is 11.3. The minimum absolute atomic E-state index is 0.194. The van der Waals surface area contributed by atoms with Gasteiger partial charge in [-0.25, -0.2) is 9.78 Å². The monoisotopic (exact) mass is 580 g/mol. The quantitative estimate of drug-likeness (QED) is 0.0476. The van der Waals surface area contributed by atoms with Crippen molar-refractivity contribution in [2.45, 2.75) is 148 Å². The van der Waals surface area contributed by atoms with Crippen LogP contribution in [-0.4, -0.2) is 46.2 Å². The molecule has 0 amide bonds. The summed E-state index contributed by atoms with van der Waals surface area (Å²) >= 11 is 0. The van der Waals surface area contributed by atoms with Crippen LogP contribution in [0.4, 0.5) is 0 Å². The molecule has 0 aromatic heterocycles. The molecule has 1 aromatic rings. The highest BCUT2D eigenvalue weighted by atomic mass is 28.3. The van der Waals surface area contributed by atoms with Crippen LogP contribution in [0.1, 0.15) is 103 Å². The van der Waals surface area contributed by atoms with E-state index in [4.69, 9.17) is 14.2 Å². The third kappa shape index (κ3) is 17.4. The first-order valence-electron chi connectivity index (χ1n) is 16.2. The van der Waals surface area contributed by atoms with E-state index >= 15 is 0 Å². The predicted octanol–water partition coefficient (Wildman–Crippen LogP) is 8.49. The van der Waals surface area contributed by atoms with Crippen LogP contribution in [0.15, 0.2) is 24.3 Å². The number of hydrogen-bond donors (Lipinski definition) is 0. The lowest BCUT2D eigenvalue weighted by Crippen LogP contribution is -2.45. The van der Waals surface area contributed by atoms with Crippen molar-refractivity contribution in [1.29, 1.82) is 0 Å². The third-order valence-electron chi connectivity index (χ3n) is 8.33. The van der Waals surface area contributed by atoms with E-state index in [9.17, 15) is 0 Å². The van der Waals surface area contributed by atoms with Crippen LogP contribution >= 0.6 is 0 Å². The van der Waals surface area contributed by atoms with Crippen molar-refractivity contribution in [1.82, 2.24) is 0 Å². The second kappa shape index (κ2) is 22.4. The molecular formula is C32H64O3Si3. The van der Waals surface area contributed by atoms with E-state index in [-0.39, 0.29) is 9.76 Å². The van der Waals surface area contributed by atoms with Crippen LogP contribution in [0.25, 0.3) is 0 Å². The normalized spacial score (nSPS) is 12.7. The van der Waals surface area contributed by atoms with E-state index in [1.165, 1.54) is 108 Å². The van der Waals surface area contributed by atoms with Gasteiger partial charge in [-0.15, -0.1) is 0 Å². The summed E-state index contributed by atoms with van der Waals surface area (Å²) in [5, 5.41) is 3.33. The van der Waals surface area contributed by atoms with Crippen molar-refractivity contribution in [2.75, 3.05) is 20.3 Å². The summed E-state index contributed by atoms with van der Waals surface area (Å²) in [4.78, 5) is 10.00. The lowest BCUT2D eigenvalue weighted by molar-refractivity contribution is -0.291. The van der Waals surface area contributed by atoms with Crippen LogP contribution in [0, 0.1) is 0 Å². The molecule has 6 heteroatoms. The van der Waals surface area contributed by atoms with Gasteiger partial charge in [-0.3, -0.25) is 0 Å². The zero-order valence-electron chi connectivity index (χ0n) is 26.4. The summed E-state index contributed by atoms with van der Waals surface area (Å²) in [5.74, 6) is 0. The van der Waals surface area contributed by atoms with Crippen molar-refractivity contribution in [3.8, 4) is 0 Å². The Morgan fingerprint density at radius 3 is 1.37 bits per heavy atom. The molecule has 38 heavy (non-hydrogen) atoms. The Morgan fingerprint density at radius 2 is 0.947 bits per heavy atom. The van der Waals surface area contributed by atoms with Crippen LogP contribution in [0.5, 0.6) is 0 Å². The summed E-state index contributed by atoms with van der Waals surface area (Å²) in [7, 11) is -0.970. The third-order valence-corrected chi connectivity index (χ3v) is 16.5. The summed E-state index contributed by atoms with van der Waals surface area (Å²) in [5.41, 5.74) is 0. The summed E-state index contributed by atoms with van der Waals surface area (Å²) in [6.45, 7) is 13.7. The number of unbranched alkanes of at least 4 members (excludes halogenated alkanes) is 13. The molecule has 0 fully saturated rings. The maximum Gasteiger partial charge on any atom is 0.161 e. The summed E-state index contributed by atoms with van der Waals surface area (Å²) < 4.78 is 5.28. The molecule has 3 nitrogen and oxygen atoms in total. The Balaban J connectivity index is 2.19. The number of rotatable bonds is 26.